The van der Waals surface area contributed by atoms with Crippen LogP contribution in [0.2, 0.25) is 5.02 Å². The molecule has 0 unspecified atom stereocenters. The zero-order chi connectivity index (χ0) is 12.3. The normalized spacial score (nSPS) is 10.2. The maximum atomic E-state index is 10.5. The van der Waals surface area contributed by atoms with Crippen molar-refractivity contribution in [3.05, 3.63) is 49.9 Å². The zero-order valence-electron chi connectivity index (χ0n) is 8.50. The second kappa shape index (κ2) is 5.11. The highest BCUT2D eigenvalue weighted by molar-refractivity contribution is 7.07. The average Bonchev–Trinajstić information content (AvgIpc) is 2.78. The highest BCUT2D eigenvalue weighted by Gasteiger charge is 2.12. The Morgan fingerprint density at radius 1 is 1.53 bits per heavy atom. The molecular formula is C10H7ClN2O3S. The predicted molar refractivity (Wildman–Crippen MR) is 64.6 cm³/mol. The summed E-state index contributed by atoms with van der Waals surface area (Å²) in [6.45, 7) is 0.317. The first-order chi connectivity index (χ1) is 8.16. The Morgan fingerprint density at radius 3 is 2.94 bits per heavy atom. The van der Waals surface area contributed by atoms with Crippen molar-refractivity contribution in [2.24, 2.45) is 0 Å². The molecule has 7 heteroatoms. The standard InChI is InChI=1S/C10H7ClN2O3S/c11-9-3-8(1-2-10(9)13(14)15)16-4-7-5-17-6-12-7/h1-3,5-6H,4H2. The summed E-state index contributed by atoms with van der Waals surface area (Å²) >= 11 is 7.23. The van der Waals surface area contributed by atoms with E-state index in [9.17, 15) is 10.1 Å². The minimum atomic E-state index is -0.535. The minimum absolute atomic E-state index is 0.0609. The van der Waals surface area contributed by atoms with E-state index in [1.54, 1.807) is 5.51 Å². The molecule has 1 aromatic heterocycles. The molecule has 0 fully saturated rings. The summed E-state index contributed by atoms with van der Waals surface area (Å²) in [7, 11) is 0. The molecule has 0 saturated carbocycles. The minimum Gasteiger partial charge on any atom is -0.487 e. The van der Waals surface area contributed by atoms with E-state index >= 15 is 0 Å². The summed E-state index contributed by atoms with van der Waals surface area (Å²) < 4.78 is 5.40. The molecule has 0 spiro atoms. The van der Waals surface area contributed by atoms with E-state index in [0.29, 0.717) is 12.4 Å². The summed E-state index contributed by atoms with van der Waals surface area (Å²) in [5.41, 5.74) is 2.39. The van der Waals surface area contributed by atoms with Gasteiger partial charge in [0.25, 0.3) is 5.69 Å². The van der Waals surface area contributed by atoms with Crippen LogP contribution in [0.3, 0.4) is 0 Å². The van der Waals surface area contributed by atoms with Crippen LogP contribution in [0.1, 0.15) is 5.69 Å². The lowest BCUT2D eigenvalue weighted by atomic mass is 10.3. The van der Waals surface area contributed by atoms with Crippen molar-refractivity contribution < 1.29 is 9.66 Å². The first kappa shape index (κ1) is 11.8. The third-order valence-electron chi connectivity index (χ3n) is 1.99. The third kappa shape index (κ3) is 2.92. The monoisotopic (exact) mass is 270 g/mol. The van der Waals surface area contributed by atoms with E-state index in [2.05, 4.69) is 4.98 Å². The van der Waals surface area contributed by atoms with Gasteiger partial charge in [0.2, 0.25) is 0 Å². The fourth-order valence-electron chi connectivity index (χ4n) is 1.19. The average molecular weight is 271 g/mol. The maximum Gasteiger partial charge on any atom is 0.288 e. The van der Waals surface area contributed by atoms with Crippen LogP contribution in [0.15, 0.2) is 29.1 Å². The largest absolute Gasteiger partial charge is 0.487 e. The summed E-state index contributed by atoms with van der Waals surface area (Å²) in [5, 5.41) is 12.5. The van der Waals surface area contributed by atoms with Crippen LogP contribution in [-0.2, 0) is 6.61 Å². The van der Waals surface area contributed by atoms with Gasteiger partial charge in [-0.15, -0.1) is 11.3 Å². The van der Waals surface area contributed by atoms with E-state index in [0.717, 1.165) is 5.69 Å². The first-order valence-electron chi connectivity index (χ1n) is 4.60. The van der Waals surface area contributed by atoms with Crippen LogP contribution < -0.4 is 4.74 Å². The summed E-state index contributed by atoms with van der Waals surface area (Å²) in [6.07, 6.45) is 0. The van der Waals surface area contributed by atoms with E-state index in [-0.39, 0.29) is 10.7 Å². The van der Waals surface area contributed by atoms with Gasteiger partial charge < -0.3 is 4.74 Å². The number of ether oxygens (including phenoxy) is 1. The summed E-state index contributed by atoms with van der Waals surface area (Å²) in [5.74, 6) is 0.480. The third-order valence-corrected chi connectivity index (χ3v) is 2.92. The number of hydrogen-bond acceptors (Lipinski definition) is 5. The van der Waals surface area contributed by atoms with Crippen molar-refractivity contribution >= 4 is 28.6 Å². The first-order valence-corrected chi connectivity index (χ1v) is 5.92. The Morgan fingerprint density at radius 2 is 2.35 bits per heavy atom. The second-order valence-corrected chi connectivity index (χ2v) is 4.26. The van der Waals surface area contributed by atoms with Crippen LogP contribution in [0.5, 0.6) is 5.75 Å². The fourth-order valence-corrected chi connectivity index (χ4v) is 1.97. The Hall–Kier alpha value is -1.66. The lowest BCUT2D eigenvalue weighted by Crippen LogP contribution is -1.96. The van der Waals surface area contributed by atoms with E-state index in [4.69, 9.17) is 16.3 Å². The molecule has 0 bridgehead atoms. The molecule has 0 amide bonds. The molecule has 0 radical (unpaired) electrons. The van der Waals surface area contributed by atoms with Crippen molar-refractivity contribution in [2.45, 2.75) is 6.61 Å². The van der Waals surface area contributed by atoms with Gasteiger partial charge in [-0.2, -0.15) is 0 Å². The fraction of sp³-hybridized carbons (Fsp3) is 0.100. The molecule has 17 heavy (non-hydrogen) atoms. The molecule has 1 heterocycles. The zero-order valence-corrected chi connectivity index (χ0v) is 10.1. The SMILES string of the molecule is O=[N+]([O-])c1ccc(OCc2cscn2)cc1Cl. The summed E-state index contributed by atoms with van der Waals surface area (Å²) in [6, 6.07) is 4.25. The molecule has 5 nitrogen and oxygen atoms in total. The molecule has 2 aromatic rings. The molecule has 0 aliphatic rings. The number of hydrogen-bond donors (Lipinski definition) is 0. The van der Waals surface area contributed by atoms with Crippen LogP contribution in [0.4, 0.5) is 5.69 Å². The van der Waals surface area contributed by atoms with Gasteiger partial charge in [0, 0.05) is 17.5 Å². The molecule has 0 aliphatic heterocycles. The number of nitro benzene ring substituents is 1. The van der Waals surface area contributed by atoms with E-state index in [1.807, 2.05) is 5.38 Å². The van der Waals surface area contributed by atoms with Gasteiger partial charge in [-0.1, -0.05) is 11.6 Å². The van der Waals surface area contributed by atoms with Crippen LogP contribution in [0, 0.1) is 10.1 Å². The number of aromatic nitrogens is 1. The van der Waals surface area contributed by atoms with Gasteiger partial charge in [0.1, 0.15) is 17.4 Å². The Kier molecular flexibility index (Phi) is 3.55. The van der Waals surface area contributed by atoms with Gasteiger partial charge in [-0.3, -0.25) is 10.1 Å². The lowest BCUT2D eigenvalue weighted by Gasteiger charge is -2.04. The Balaban J connectivity index is 2.07. The highest BCUT2D eigenvalue weighted by Crippen LogP contribution is 2.28. The van der Waals surface area contributed by atoms with Gasteiger partial charge in [-0.05, 0) is 6.07 Å². The molecule has 2 rings (SSSR count). The van der Waals surface area contributed by atoms with Crippen molar-refractivity contribution in [1.29, 1.82) is 0 Å². The van der Waals surface area contributed by atoms with Gasteiger partial charge in [-0.25, -0.2) is 4.98 Å². The van der Waals surface area contributed by atoms with Crippen molar-refractivity contribution in [1.82, 2.24) is 4.98 Å². The van der Waals surface area contributed by atoms with E-state index < -0.39 is 4.92 Å². The van der Waals surface area contributed by atoms with Crippen molar-refractivity contribution in [2.75, 3.05) is 0 Å². The van der Waals surface area contributed by atoms with Gasteiger partial charge in [0.05, 0.1) is 16.1 Å². The topological polar surface area (TPSA) is 65.3 Å². The molecule has 0 N–H and O–H groups in total. The maximum absolute atomic E-state index is 10.5. The van der Waals surface area contributed by atoms with Gasteiger partial charge in [0.15, 0.2) is 0 Å². The lowest BCUT2D eigenvalue weighted by molar-refractivity contribution is -0.384. The smallest absolute Gasteiger partial charge is 0.288 e. The number of nitro groups is 1. The molecule has 0 aliphatic carbocycles. The van der Waals surface area contributed by atoms with Gasteiger partial charge >= 0.3 is 0 Å². The Labute approximate surface area is 106 Å². The predicted octanol–water partition coefficient (Wildman–Crippen LogP) is 3.28. The van der Waals surface area contributed by atoms with Crippen LogP contribution in [-0.4, -0.2) is 9.91 Å². The Bertz CT molecular complexity index is 530. The number of thiazole rings is 1. The number of benzene rings is 1. The van der Waals surface area contributed by atoms with Crippen LogP contribution in [0.25, 0.3) is 0 Å². The number of nitrogens with zero attached hydrogens (tertiary/aromatic N) is 2. The number of rotatable bonds is 4. The van der Waals surface area contributed by atoms with Crippen LogP contribution >= 0.6 is 22.9 Å². The molecular weight excluding hydrogens is 264 g/mol. The molecule has 88 valence electrons. The molecule has 0 saturated heterocycles. The number of halogens is 1. The summed E-state index contributed by atoms with van der Waals surface area (Å²) in [4.78, 5) is 14.1. The molecule has 0 atom stereocenters. The van der Waals surface area contributed by atoms with E-state index in [1.165, 1.54) is 29.5 Å². The van der Waals surface area contributed by atoms with Crippen molar-refractivity contribution in [3.63, 3.8) is 0 Å². The quantitative estimate of drug-likeness (QED) is 0.632. The second-order valence-electron chi connectivity index (χ2n) is 3.14. The molecule has 1 aromatic carbocycles. The highest BCUT2D eigenvalue weighted by atomic mass is 35.5. The van der Waals surface area contributed by atoms with Crippen molar-refractivity contribution in [3.8, 4) is 5.75 Å².